The molecule has 0 bridgehead atoms. The summed E-state index contributed by atoms with van der Waals surface area (Å²) in [6, 6.07) is 4.09. The van der Waals surface area contributed by atoms with Crippen LogP contribution in [0.25, 0.3) is 0 Å². The minimum absolute atomic E-state index is 0.0683. The van der Waals surface area contributed by atoms with Crippen LogP contribution in [0, 0.1) is 0 Å². The number of hydrogen-bond acceptors (Lipinski definition) is 2. The largest absolute Gasteiger partial charge is 0.321 e. The van der Waals surface area contributed by atoms with Gasteiger partial charge in [-0.15, -0.1) is 0 Å². The van der Waals surface area contributed by atoms with Crippen LogP contribution < -0.4 is 5.73 Å². The molecule has 13 heavy (non-hydrogen) atoms. The van der Waals surface area contributed by atoms with Crippen molar-refractivity contribution >= 4 is 0 Å². The average Bonchev–Trinajstić information content (AvgIpc) is 2.20. The summed E-state index contributed by atoms with van der Waals surface area (Å²) in [5.41, 5.74) is 7.54. The first-order chi connectivity index (χ1) is 6.31. The van der Waals surface area contributed by atoms with Gasteiger partial charge in [0.1, 0.15) is 0 Å². The Hall–Kier alpha value is -0.890. The van der Waals surface area contributed by atoms with Gasteiger partial charge in [-0.3, -0.25) is 4.98 Å². The van der Waals surface area contributed by atoms with Gasteiger partial charge in [0.15, 0.2) is 0 Å². The molecule has 2 N–H and O–H groups in total. The molecule has 0 aliphatic heterocycles. The lowest BCUT2D eigenvalue weighted by Crippen LogP contribution is -2.38. The van der Waals surface area contributed by atoms with Gasteiger partial charge in [0, 0.05) is 17.9 Å². The average molecular weight is 176 g/mol. The lowest BCUT2D eigenvalue weighted by atomic mass is 9.78. The number of pyridine rings is 1. The Morgan fingerprint density at radius 3 is 2.31 bits per heavy atom. The van der Waals surface area contributed by atoms with E-state index in [4.69, 9.17) is 5.73 Å². The summed E-state index contributed by atoms with van der Waals surface area (Å²) in [5.74, 6) is 0. The first-order valence-electron chi connectivity index (χ1n) is 5.01. The molecule has 0 spiro atoms. The second kappa shape index (κ2) is 3.46. The van der Waals surface area contributed by atoms with Crippen LogP contribution in [0.4, 0.5) is 0 Å². The lowest BCUT2D eigenvalue weighted by Gasteiger charge is -2.33. The summed E-state index contributed by atoms with van der Waals surface area (Å²) in [7, 11) is 0. The first-order valence-corrected chi connectivity index (χ1v) is 5.01. The van der Waals surface area contributed by atoms with Gasteiger partial charge < -0.3 is 5.73 Å². The van der Waals surface area contributed by atoms with E-state index >= 15 is 0 Å². The maximum atomic E-state index is 6.35. The van der Waals surface area contributed by atoms with Crippen LogP contribution in [-0.2, 0) is 5.54 Å². The van der Waals surface area contributed by atoms with Gasteiger partial charge in [0.25, 0.3) is 0 Å². The Morgan fingerprint density at radius 1 is 1.08 bits per heavy atom. The molecule has 1 heterocycles. The molecule has 1 aliphatic rings. The van der Waals surface area contributed by atoms with Crippen LogP contribution >= 0.6 is 0 Å². The van der Waals surface area contributed by atoms with Crippen molar-refractivity contribution in [3.05, 3.63) is 30.1 Å². The van der Waals surface area contributed by atoms with Crippen LogP contribution in [0.3, 0.4) is 0 Å². The smallest absolute Gasteiger partial charge is 0.0410 e. The van der Waals surface area contributed by atoms with E-state index in [0.29, 0.717) is 0 Å². The minimum Gasteiger partial charge on any atom is -0.321 e. The normalized spacial score (nSPS) is 21.3. The highest BCUT2D eigenvalue weighted by molar-refractivity contribution is 5.21. The third-order valence-corrected chi connectivity index (χ3v) is 3.00. The number of nitrogens with zero attached hydrogens (tertiary/aromatic N) is 1. The molecular weight excluding hydrogens is 160 g/mol. The van der Waals surface area contributed by atoms with E-state index < -0.39 is 0 Å². The SMILES string of the molecule is NC1(c2ccncc2)CCCCC1. The first kappa shape index (κ1) is 8.70. The van der Waals surface area contributed by atoms with E-state index in [1.54, 1.807) is 0 Å². The van der Waals surface area contributed by atoms with Crippen molar-refractivity contribution in [2.24, 2.45) is 5.73 Å². The second-order valence-electron chi connectivity index (χ2n) is 3.95. The highest BCUT2D eigenvalue weighted by atomic mass is 14.7. The fraction of sp³-hybridized carbons (Fsp3) is 0.545. The Bertz CT molecular complexity index is 263. The summed E-state index contributed by atoms with van der Waals surface area (Å²) in [6.45, 7) is 0. The zero-order valence-electron chi connectivity index (χ0n) is 7.87. The molecule has 0 unspecified atom stereocenters. The predicted octanol–water partition coefficient (Wildman–Crippen LogP) is 2.20. The summed E-state index contributed by atoms with van der Waals surface area (Å²) < 4.78 is 0. The molecule has 0 aromatic carbocycles. The molecule has 1 aromatic heterocycles. The molecule has 0 radical (unpaired) electrons. The molecule has 1 fully saturated rings. The van der Waals surface area contributed by atoms with E-state index in [9.17, 15) is 0 Å². The van der Waals surface area contributed by atoms with Crippen molar-refractivity contribution < 1.29 is 0 Å². The molecule has 0 saturated heterocycles. The van der Waals surface area contributed by atoms with Gasteiger partial charge >= 0.3 is 0 Å². The van der Waals surface area contributed by atoms with Gasteiger partial charge in [-0.2, -0.15) is 0 Å². The maximum absolute atomic E-state index is 6.35. The van der Waals surface area contributed by atoms with Gasteiger partial charge in [0.2, 0.25) is 0 Å². The number of hydrogen-bond donors (Lipinski definition) is 1. The van der Waals surface area contributed by atoms with E-state index in [-0.39, 0.29) is 5.54 Å². The standard InChI is InChI=1S/C11H16N2/c12-11(6-2-1-3-7-11)10-4-8-13-9-5-10/h4-5,8-9H,1-3,6-7,12H2. The third-order valence-electron chi connectivity index (χ3n) is 3.00. The summed E-state index contributed by atoms with van der Waals surface area (Å²) >= 11 is 0. The fourth-order valence-corrected chi connectivity index (χ4v) is 2.16. The monoisotopic (exact) mass is 176 g/mol. The van der Waals surface area contributed by atoms with Crippen molar-refractivity contribution in [1.29, 1.82) is 0 Å². The van der Waals surface area contributed by atoms with Crippen molar-refractivity contribution in [2.45, 2.75) is 37.6 Å². The predicted molar refractivity (Wildman–Crippen MR) is 53.2 cm³/mol. The van der Waals surface area contributed by atoms with E-state index in [2.05, 4.69) is 4.98 Å². The van der Waals surface area contributed by atoms with Gasteiger partial charge in [-0.25, -0.2) is 0 Å². The molecule has 0 amide bonds. The Morgan fingerprint density at radius 2 is 1.69 bits per heavy atom. The van der Waals surface area contributed by atoms with Crippen LogP contribution in [0.15, 0.2) is 24.5 Å². The van der Waals surface area contributed by atoms with Crippen molar-refractivity contribution in [1.82, 2.24) is 4.98 Å². The van der Waals surface area contributed by atoms with Crippen molar-refractivity contribution in [3.8, 4) is 0 Å². The van der Waals surface area contributed by atoms with Gasteiger partial charge in [0.05, 0.1) is 0 Å². The zero-order chi connectivity index (χ0) is 9.15. The van der Waals surface area contributed by atoms with E-state index in [1.807, 2.05) is 24.5 Å². The fourth-order valence-electron chi connectivity index (χ4n) is 2.16. The zero-order valence-corrected chi connectivity index (χ0v) is 7.87. The van der Waals surface area contributed by atoms with Gasteiger partial charge in [-0.1, -0.05) is 19.3 Å². The molecular formula is C11H16N2. The summed E-state index contributed by atoms with van der Waals surface area (Å²) in [5, 5.41) is 0. The third kappa shape index (κ3) is 1.73. The quantitative estimate of drug-likeness (QED) is 0.712. The van der Waals surface area contributed by atoms with Gasteiger partial charge in [-0.05, 0) is 30.5 Å². The van der Waals surface area contributed by atoms with Crippen LogP contribution in [0.5, 0.6) is 0 Å². The van der Waals surface area contributed by atoms with E-state index in [0.717, 1.165) is 12.8 Å². The molecule has 1 aromatic rings. The molecule has 0 atom stereocenters. The Balaban J connectivity index is 2.23. The molecule has 2 heteroatoms. The molecule has 1 saturated carbocycles. The molecule has 2 nitrogen and oxygen atoms in total. The summed E-state index contributed by atoms with van der Waals surface area (Å²) in [6.07, 6.45) is 9.77. The maximum Gasteiger partial charge on any atom is 0.0410 e. The Kier molecular flexibility index (Phi) is 2.32. The molecule has 70 valence electrons. The highest BCUT2D eigenvalue weighted by Crippen LogP contribution is 2.34. The topological polar surface area (TPSA) is 38.9 Å². The summed E-state index contributed by atoms with van der Waals surface area (Å²) in [4.78, 5) is 4.02. The molecule has 1 aliphatic carbocycles. The van der Waals surface area contributed by atoms with Crippen LogP contribution in [-0.4, -0.2) is 4.98 Å². The number of aromatic nitrogens is 1. The minimum atomic E-state index is -0.0683. The van der Waals surface area contributed by atoms with E-state index in [1.165, 1.54) is 24.8 Å². The number of rotatable bonds is 1. The van der Waals surface area contributed by atoms with Crippen LogP contribution in [0.1, 0.15) is 37.7 Å². The Labute approximate surface area is 79.2 Å². The number of nitrogens with two attached hydrogens (primary N) is 1. The van der Waals surface area contributed by atoms with Crippen molar-refractivity contribution in [2.75, 3.05) is 0 Å². The highest BCUT2D eigenvalue weighted by Gasteiger charge is 2.28. The van der Waals surface area contributed by atoms with Crippen LogP contribution in [0.2, 0.25) is 0 Å². The second-order valence-corrected chi connectivity index (χ2v) is 3.95. The molecule has 2 rings (SSSR count). The van der Waals surface area contributed by atoms with Crippen molar-refractivity contribution in [3.63, 3.8) is 0 Å². The lowest BCUT2D eigenvalue weighted by molar-refractivity contribution is 0.302.